The van der Waals surface area contributed by atoms with Crippen LogP contribution in [0.25, 0.3) is 0 Å². The molecule has 25 heavy (non-hydrogen) atoms. The van der Waals surface area contributed by atoms with E-state index in [0.717, 1.165) is 11.4 Å². The molecule has 3 aromatic rings. The number of carbonyl (C=O) groups is 1. The van der Waals surface area contributed by atoms with E-state index in [1.54, 1.807) is 43.6 Å². The number of hydrogen-bond donors (Lipinski definition) is 2. The number of carbonyl (C=O) groups excluding carboxylic acids is 1. The van der Waals surface area contributed by atoms with Gasteiger partial charge in [0.05, 0.1) is 7.11 Å². The van der Waals surface area contributed by atoms with E-state index >= 15 is 0 Å². The lowest BCUT2D eigenvalue weighted by atomic mass is 10.2. The van der Waals surface area contributed by atoms with Crippen LogP contribution in [0.3, 0.4) is 0 Å². The molecule has 0 bridgehead atoms. The predicted molar refractivity (Wildman–Crippen MR) is 97.4 cm³/mol. The van der Waals surface area contributed by atoms with Gasteiger partial charge in [0.2, 0.25) is 5.95 Å². The van der Waals surface area contributed by atoms with Gasteiger partial charge in [-0.1, -0.05) is 17.7 Å². The summed E-state index contributed by atoms with van der Waals surface area (Å²) in [5.41, 5.74) is 2.97. The van der Waals surface area contributed by atoms with Crippen molar-refractivity contribution < 1.29 is 9.53 Å². The van der Waals surface area contributed by atoms with Crippen LogP contribution in [0, 0.1) is 6.92 Å². The molecule has 0 spiro atoms. The van der Waals surface area contributed by atoms with Gasteiger partial charge < -0.3 is 15.4 Å². The summed E-state index contributed by atoms with van der Waals surface area (Å²) < 4.78 is 5.10. The van der Waals surface area contributed by atoms with Crippen LogP contribution in [0.15, 0.2) is 60.8 Å². The first kappa shape index (κ1) is 16.4. The Morgan fingerprint density at radius 2 is 1.64 bits per heavy atom. The molecule has 3 rings (SSSR count). The third-order valence-corrected chi connectivity index (χ3v) is 3.54. The number of anilines is 3. The Morgan fingerprint density at radius 3 is 2.32 bits per heavy atom. The minimum absolute atomic E-state index is 0.278. The summed E-state index contributed by atoms with van der Waals surface area (Å²) in [5, 5.41) is 5.88. The minimum Gasteiger partial charge on any atom is -0.497 e. The maximum atomic E-state index is 12.4. The average molecular weight is 334 g/mol. The van der Waals surface area contributed by atoms with Gasteiger partial charge in [0.25, 0.3) is 5.91 Å². The van der Waals surface area contributed by atoms with Crippen LogP contribution in [0.5, 0.6) is 5.75 Å². The third-order valence-electron chi connectivity index (χ3n) is 3.54. The number of nitrogens with one attached hydrogen (secondary N) is 2. The highest BCUT2D eigenvalue weighted by molar-refractivity contribution is 6.03. The van der Waals surface area contributed by atoms with Crippen molar-refractivity contribution in [3.63, 3.8) is 0 Å². The van der Waals surface area contributed by atoms with Crippen molar-refractivity contribution in [2.24, 2.45) is 0 Å². The molecule has 6 heteroatoms. The molecule has 2 N–H and O–H groups in total. The Morgan fingerprint density at radius 1 is 0.960 bits per heavy atom. The molecule has 0 atom stereocenters. The molecule has 0 fully saturated rings. The molecule has 0 aliphatic rings. The molecule has 6 nitrogen and oxygen atoms in total. The second-order valence-electron chi connectivity index (χ2n) is 5.44. The first-order valence-corrected chi connectivity index (χ1v) is 7.76. The summed E-state index contributed by atoms with van der Waals surface area (Å²) in [6, 6.07) is 16.5. The normalized spacial score (nSPS) is 10.2. The summed E-state index contributed by atoms with van der Waals surface area (Å²) in [5.74, 6) is 0.787. The van der Waals surface area contributed by atoms with E-state index in [9.17, 15) is 4.79 Å². The van der Waals surface area contributed by atoms with Crippen LogP contribution in [0.2, 0.25) is 0 Å². The molecule has 0 unspecified atom stereocenters. The molecule has 0 radical (unpaired) electrons. The van der Waals surface area contributed by atoms with Crippen molar-refractivity contribution in [2.45, 2.75) is 6.92 Å². The van der Waals surface area contributed by atoms with Crippen LogP contribution < -0.4 is 15.4 Å². The molecule has 1 aromatic heterocycles. The number of ether oxygens (including phenoxy) is 1. The minimum atomic E-state index is -0.306. The lowest BCUT2D eigenvalue weighted by Gasteiger charge is -2.08. The van der Waals surface area contributed by atoms with E-state index in [0.29, 0.717) is 11.6 Å². The molecule has 0 saturated heterocycles. The van der Waals surface area contributed by atoms with Crippen LogP contribution in [0.1, 0.15) is 16.1 Å². The zero-order valence-electron chi connectivity index (χ0n) is 14.0. The van der Waals surface area contributed by atoms with Gasteiger partial charge in [-0.15, -0.1) is 0 Å². The number of methoxy groups -OCH3 is 1. The zero-order chi connectivity index (χ0) is 17.6. The van der Waals surface area contributed by atoms with Crippen molar-refractivity contribution in [3.8, 4) is 5.75 Å². The van der Waals surface area contributed by atoms with E-state index < -0.39 is 0 Å². The van der Waals surface area contributed by atoms with Gasteiger partial charge in [0.15, 0.2) is 0 Å². The Bertz CT molecular complexity index is 861. The first-order chi connectivity index (χ1) is 12.1. The van der Waals surface area contributed by atoms with E-state index in [1.807, 2.05) is 31.2 Å². The fourth-order valence-electron chi connectivity index (χ4n) is 2.18. The number of amides is 1. The Labute approximate surface area is 145 Å². The fourth-order valence-corrected chi connectivity index (χ4v) is 2.18. The molecule has 0 saturated carbocycles. The Kier molecular flexibility index (Phi) is 4.89. The van der Waals surface area contributed by atoms with Crippen molar-refractivity contribution in [3.05, 3.63) is 72.1 Å². The van der Waals surface area contributed by atoms with Crippen LogP contribution in [-0.2, 0) is 0 Å². The highest BCUT2D eigenvalue weighted by Crippen LogP contribution is 2.17. The number of nitrogens with zero attached hydrogens (tertiary/aromatic N) is 2. The summed E-state index contributed by atoms with van der Waals surface area (Å²) >= 11 is 0. The van der Waals surface area contributed by atoms with Gasteiger partial charge in [-0.25, -0.2) is 9.97 Å². The summed E-state index contributed by atoms with van der Waals surface area (Å²) in [7, 11) is 1.59. The van der Waals surface area contributed by atoms with Crippen molar-refractivity contribution in [1.29, 1.82) is 0 Å². The summed E-state index contributed by atoms with van der Waals surface area (Å²) in [6.07, 6.45) is 1.55. The van der Waals surface area contributed by atoms with Crippen molar-refractivity contribution in [2.75, 3.05) is 17.7 Å². The molecule has 1 heterocycles. The van der Waals surface area contributed by atoms with Crippen LogP contribution >= 0.6 is 0 Å². The summed E-state index contributed by atoms with van der Waals surface area (Å²) in [6.45, 7) is 2.02. The SMILES string of the molecule is COc1ccc(NC(=O)c2ccnc(Nc3ccc(C)cc3)n2)cc1. The number of rotatable bonds is 5. The van der Waals surface area contributed by atoms with E-state index in [4.69, 9.17) is 4.74 Å². The van der Waals surface area contributed by atoms with E-state index in [1.165, 1.54) is 5.56 Å². The number of hydrogen-bond acceptors (Lipinski definition) is 5. The Hall–Kier alpha value is -3.41. The Balaban J connectivity index is 1.71. The van der Waals surface area contributed by atoms with Gasteiger partial charge in [0, 0.05) is 17.6 Å². The highest BCUT2D eigenvalue weighted by Gasteiger charge is 2.09. The summed E-state index contributed by atoms with van der Waals surface area (Å²) in [4.78, 5) is 20.8. The van der Waals surface area contributed by atoms with Gasteiger partial charge in [-0.05, 0) is 49.4 Å². The maximum absolute atomic E-state index is 12.4. The smallest absolute Gasteiger partial charge is 0.274 e. The topological polar surface area (TPSA) is 76.1 Å². The van der Waals surface area contributed by atoms with Gasteiger partial charge in [-0.2, -0.15) is 0 Å². The fraction of sp³-hybridized carbons (Fsp3) is 0.105. The molecule has 0 aliphatic heterocycles. The van der Waals surface area contributed by atoms with Crippen LogP contribution in [-0.4, -0.2) is 23.0 Å². The molecule has 126 valence electrons. The van der Waals surface area contributed by atoms with Crippen LogP contribution in [0.4, 0.5) is 17.3 Å². The third kappa shape index (κ3) is 4.32. The second kappa shape index (κ2) is 7.44. The van der Waals surface area contributed by atoms with Crippen molar-refractivity contribution in [1.82, 2.24) is 9.97 Å². The second-order valence-corrected chi connectivity index (χ2v) is 5.44. The monoisotopic (exact) mass is 334 g/mol. The molecule has 0 aliphatic carbocycles. The first-order valence-electron chi connectivity index (χ1n) is 7.76. The quantitative estimate of drug-likeness (QED) is 0.742. The van der Waals surface area contributed by atoms with E-state index in [2.05, 4.69) is 20.6 Å². The molecular formula is C19H18N4O2. The standard InChI is InChI=1S/C19H18N4O2/c1-13-3-5-15(6-4-13)22-19-20-12-11-17(23-19)18(24)21-14-7-9-16(25-2)10-8-14/h3-12H,1-2H3,(H,21,24)(H,20,22,23). The molecule has 2 aromatic carbocycles. The predicted octanol–water partition coefficient (Wildman–Crippen LogP) is 3.79. The van der Waals surface area contributed by atoms with Gasteiger partial charge >= 0.3 is 0 Å². The van der Waals surface area contributed by atoms with Gasteiger partial charge in [0.1, 0.15) is 11.4 Å². The zero-order valence-corrected chi connectivity index (χ0v) is 14.0. The average Bonchev–Trinajstić information content (AvgIpc) is 2.64. The lowest BCUT2D eigenvalue weighted by Crippen LogP contribution is -2.14. The molecular weight excluding hydrogens is 316 g/mol. The lowest BCUT2D eigenvalue weighted by molar-refractivity contribution is 0.102. The van der Waals surface area contributed by atoms with Crippen molar-refractivity contribution >= 4 is 23.2 Å². The highest BCUT2D eigenvalue weighted by atomic mass is 16.5. The number of aromatic nitrogens is 2. The number of aryl methyl sites for hydroxylation is 1. The van der Waals surface area contributed by atoms with Gasteiger partial charge in [-0.3, -0.25) is 4.79 Å². The largest absolute Gasteiger partial charge is 0.497 e. The maximum Gasteiger partial charge on any atom is 0.274 e. The number of benzene rings is 2. The molecule has 1 amide bonds. The van der Waals surface area contributed by atoms with E-state index in [-0.39, 0.29) is 11.6 Å².